The number of benzene rings is 1. The average Bonchev–Trinajstić information content (AvgIpc) is 3.64. The summed E-state index contributed by atoms with van der Waals surface area (Å²) in [6.07, 6.45) is 6.58. The summed E-state index contributed by atoms with van der Waals surface area (Å²) in [5, 5.41) is 23.8. The Morgan fingerprint density at radius 1 is 1.18 bits per heavy atom. The van der Waals surface area contributed by atoms with Crippen LogP contribution >= 0.6 is 0 Å². The van der Waals surface area contributed by atoms with Crippen molar-refractivity contribution in [3.63, 3.8) is 0 Å². The standard InChI is InChI=1S/C29H38N2O8/c1-37-23-13-18(16-33)12-19-24-20(28(35)30-9-10-32)14-21(25(34)27(24)39-26(19)23)31(15-17-6-3-2-4-7-17)29(36)22-8-5-11-38-22/h12-14,16-17,21-22,24-25,27,32,34H,2-11,15H2,1H3,(H,30,35). The summed E-state index contributed by atoms with van der Waals surface area (Å²) < 4.78 is 17.5. The molecule has 5 unspecified atom stereocenters. The van der Waals surface area contributed by atoms with E-state index in [1.807, 2.05) is 0 Å². The number of carbonyl (C=O) groups is 3. The van der Waals surface area contributed by atoms with E-state index in [0.29, 0.717) is 60.0 Å². The lowest BCUT2D eigenvalue weighted by Gasteiger charge is -2.43. The largest absolute Gasteiger partial charge is 0.493 e. The summed E-state index contributed by atoms with van der Waals surface area (Å²) in [5.41, 5.74) is 1.24. The molecule has 0 bridgehead atoms. The van der Waals surface area contributed by atoms with Crippen molar-refractivity contribution >= 4 is 18.1 Å². The first-order valence-electron chi connectivity index (χ1n) is 14.0. The Labute approximate surface area is 228 Å². The summed E-state index contributed by atoms with van der Waals surface area (Å²) in [6, 6.07) is 2.39. The molecule has 2 fully saturated rings. The van der Waals surface area contributed by atoms with Crippen LogP contribution in [0.2, 0.25) is 0 Å². The molecule has 2 aliphatic carbocycles. The van der Waals surface area contributed by atoms with Crippen LogP contribution in [-0.2, 0) is 14.3 Å². The fraction of sp³-hybridized carbons (Fsp3) is 0.621. The van der Waals surface area contributed by atoms with E-state index in [-0.39, 0.29) is 19.1 Å². The van der Waals surface area contributed by atoms with Gasteiger partial charge in [0.05, 0.1) is 25.7 Å². The monoisotopic (exact) mass is 542 g/mol. The first-order chi connectivity index (χ1) is 19.0. The van der Waals surface area contributed by atoms with E-state index in [2.05, 4.69) is 5.32 Å². The second kappa shape index (κ2) is 12.1. The lowest BCUT2D eigenvalue weighted by atomic mass is 9.76. The van der Waals surface area contributed by atoms with Crippen LogP contribution in [0.15, 0.2) is 23.8 Å². The average molecular weight is 543 g/mol. The minimum atomic E-state index is -1.14. The molecule has 212 valence electrons. The first kappa shape index (κ1) is 27.6. The molecule has 2 amide bonds. The predicted octanol–water partition coefficient (Wildman–Crippen LogP) is 1.72. The molecule has 1 aromatic rings. The number of aliphatic hydroxyl groups is 2. The number of nitrogens with one attached hydrogen (secondary N) is 1. The second-order valence-electron chi connectivity index (χ2n) is 10.9. The number of nitrogens with zero attached hydrogens (tertiary/aromatic N) is 1. The van der Waals surface area contributed by atoms with Crippen molar-refractivity contribution in [1.29, 1.82) is 0 Å². The molecule has 4 aliphatic rings. The normalized spacial score (nSPS) is 28.1. The number of ether oxygens (including phenoxy) is 3. The van der Waals surface area contributed by atoms with Gasteiger partial charge < -0.3 is 34.6 Å². The molecule has 10 nitrogen and oxygen atoms in total. The van der Waals surface area contributed by atoms with Gasteiger partial charge >= 0.3 is 0 Å². The maximum Gasteiger partial charge on any atom is 0.252 e. The second-order valence-corrected chi connectivity index (χ2v) is 10.9. The molecular formula is C29H38N2O8. The van der Waals surface area contributed by atoms with Crippen molar-refractivity contribution in [2.24, 2.45) is 5.92 Å². The highest BCUT2D eigenvalue weighted by Gasteiger charge is 2.52. The number of amides is 2. The molecule has 0 spiro atoms. The van der Waals surface area contributed by atoms with Crippen LogP contribution in [0.4, 0.5) is 0 Å². The Kier molecular flexibility index (Phi) is 8.54. The van der Waals surface area contributed by atoms with E-state index in [0.717, 1.165) is 32.1 Å². The van der Waals surface area contributed by atoms with Crippen LogP contribution in [0.3, 0.4) is 0 Å². The minimum absolute atomic E-state index is 0.0484. The SMILES string of the molecule is COc1cc(C=O)cc2c1OC1C2C(C(=O)NCCO)=CC(N(CC2CCCCC2)C(=O)C2CCCO2)C1O. The number of carbonyl (C=O) groups excluding carboxylic acids is 3. The van der Waals surface area contributed by atoms with Gasteiger partial charge in [0.2, 0.25) is 5.91 Å². The Balaban J connectivity index is 1.56. The molecule has 2 heterocycles. The van der Waals surface area contributed by atoms with Crippen LogP contribution in [0.1, 0.15) is 66.8 Å². The number of aldehydes is 1. The van der Waals surface area contributed by atoms with Gasteiger partial charge in [0.15, 0.2) is 11.5 Å². The first-order valence-corrected chi connectivity index (χ1v) is 14.0. The summed E-state index contributed by atoms with van der Waals surface area (Å²) >= 11 is 0. The van der Waals surface area contributed by atoms with Crippen molar-refractivity contribution < 1.29 is 38.8 Å². The van der Waals surface area contributed by atoms with Crippen LogP contribution in [0.25, 0.3) is 0 Å². The van der Waals surface area contributed by atoms with Gasteiger partial charge in [-0.3, -0.25) is 14.4 Å². The smallest absolute Gasteiger partial charge is 0.252 e. The molecule has 2 aliphatic heterocycles. The van der Waals surface area contributed by atoms with Crippen molar-refractivity contribution in [2.75, 3.05) is 33.4 Å². The molecule has 1 saturated carbocycles. The summed E-state index contributed by atoms with van der Waals surface area (Å²) in [6.45, 7) is 0.798. The molecule has 5 atom stereocenters. The van der Waals surface area contributed by atoms with E-state index in [9.17, 15) is 24.6 Å². The zero-order chi connectivity index (χ0) is 27.5. The molecule has 1 saturated heterocycles. The van der Waals surface area contributed by atoms with Gasteiger partial charge in [-0.2, -0.15) is 0 Å². The maximum absolute atomic E-state index is 13.8. The number of methoxy groups -OCH3 is 1. The third-order valence-electron chi connectivity index (χ3n) is 8.44. The summed E-state index contributed by atoms with van der Waals surface area (Å²) in [7, 11) is 1.46. The van der Waals surface area contributed by atoms with Gasteiger partial charge in [0.1, 0.15) is 24.6 Å². The molecular weight excluding hydrogens is 504 g/mol. The lowest BCUT2D eigenvalue weighted by Crippen LogP contribution is -2.58. The van der Waals surface area contributed by atoms with Gasteiger partial charge in [-0.05, 0) is 49.8 Å². The van der Waals surface area contributed by atoms with Gasteiger partial charge in [0.25, 0.3) is 5.91 Å². The fourth-order valence-electron chi connectivity index (χ4n) is 6.52. The minimum Gasteiger partial charge on any atom is -0.493 e. The highest BCUT2D eigenvalue weighted by Crippen LogP contribution is 2.51. The third-order valence-corrected chi connectivity index (χ3v) is 8.44. The van der Waals surface area contributed by atoms with E-state index in [1.54, 1.807) is 23.1 Å². The molecule has 5 rings (SSSR count). The highest BCUT2D eigenvalue weighted by molar-refractivity contribution is 5.96. The van der Waals surface area contributed by atoms with Gasteiger partial charge in [-0.15, -0.1) is 0 Å². The molecule has 1 aromatic carbocycles. The van der Waals surface area contributed by atoms with Crippen LogP contribution in [-0.4, -0.2) is 91.0 Å². The predicted molar refractivity (Wildman–Crippen MR) is 141 cm³/mol. The van der Waals surface area contributed by atoms with Crippen molar-refractivity contribution in [2.45, 2.75) is 75.2 Å². The third kappa shape index (κ3) is 5.42. The van der Waals surface area contributed by atoms with Gasteiger partial charge in [-0.25, -0.2) is 0 Å². The molecule has 0 aromatic heterocycles. The molecule has 0 radical (unpaired) electrons. The Bertz CT molecular complexity index is 1110. The van der Waals surface area contributed by atoms with Gasteiger partial charge in [0, 0.05) is 36.4 Å². The van der Waals surface area contributed by atoms with Crippen molar-refractivity contribution in [1.82, 2.24) is 10.2 Å². The molecule has 39 heavy (non-hydrogen) atoms. The van der Waals surface area contributed by atoms with Crippen LogP contribution < -0.4 is 14.8 Å². The quantitative estimate of drug-likeness (QED) is 0.402. The van der Waals surface area contributed by atoms with Crippen LogP contribution in [0, 0.1) is 5.92 Å². The van der Waals surface area contributed by atoms with Crippen molar-refractivity contribution in [3.05, 3.63) is 34.9 Å². The lowest BCUT2D eigenvalue weighted by molar-refractivity contribution is -0.147. The highest BCUT2D eigenvalue weighted by atomic mass is 16.5. The number of fused-ring (bicyclic) bond motifs is 3. The Morgan fingerprint density at radius 2 is 1.97 bits per heavy atom. The van der Waals surface area contributed by atoms with E-state index >= 15 is 0 Å². The molecule has 3 N–H and O–H groups in total. The Hall–Kier alpha value is -2.95. The molecule has 10 heteroatoms. The van der Waals surface area contributed by atoms with E-state index in [1.165, 1.54) is 13.5 Å². The van der Waals surface area contributed by atoms with Crippen molar-refractivity contribution in [3.8, 4) is 11.5 Å². The number of aliphatic hydroxyl groups excluding tert-OH is 2. The zero-order valence-electron chi connectivity index (χ0n) is 22.3. The van der Waals surface area contributed by atoms with E-state index in [4.69, 9.17) is 14.2 Å². The fourth-order valence-corrected chi connectivity index (χ4v) is 6.52. The zero-order valence-corrected chi connectivity index (χ0v) is 22.3. The Morgan fingerprint density at radius 3 is 2.64 bits per heavy atom. The number of hydrogen-bond acceptors (Lipinski definition) is 8. The van der Waals surface area contributed by atoms with E-state index < -0.39 is 36.2 Å². The number of hydrogen-bond donors (Lipinski definition) is 3. The maximum atomic E-state index is 13.8. The summed E-state index contributed by atoms with van der Waals surface area (Å²) in [5.74, 6) is -0.298. The topological polar surface area (TPSA) is 135 Å². The number of rotatable bonds is 9. The van der Waals surface area contributed by atoms with Gasteiger partial charge in [-0.1, -0.05) is 19.3 Å². The van der Waals surface area contributed by atoms with Crippen LogP contribution in [0.5, 0.6) is 11.5 Å². The summed E-state index contributed by atoms with van der Waals surface area (Å²) in [4.78, 5) is 40.7.